The number of para-hydroxylation sites is 1. The van der Waals surface area contributed by atoms with Crippen LogP contribution in [0.15, 0.2) is 35.1 Å². The fourth-order valence-corrected chi connectivity index (χ4v) is 2.36. The minimum absolute atomic E-state index is 0.110. The molecular weight excluding hydrogens is 250 g/mol. The predicted octanol–water partition coefficient (Wildman–Crippen LogP) is 4.27. The molecule has 1 aromatic carbocycles. The molecule has 1 aromatic heterocycles. The van der Waals surface area contributed by atoms with Crippen molar-refractivity contribution in [3.05, 3.63) is 40.7 Å². The van der Waals surface area contributed by atoms with Gasteiger partial charge in [0.15, 0.2) is 0 Å². The van der Waals surface area contributed by atoms with E-state index in [2.05, 4.69) is 11.9 Å². The van der Waals surface area contributed by atoms with Crippen LogP contribution < -0.4 is 10.3 Å². The van der Waals surface area contributed by atoms with Crippen LogP contribution in [0.1, 0.15) is 45.4 Å². The van der Waals surface area contributed by atoms with Gasteiger partial charge in [-0.2, -0.15) is 0 Å². The average molecular weight is 273 g/mol. The van der Waals surface area contributed by atoms with E-state index in [1.165, 1.54) is 32.1 Å². The molecule has 0 aliphatic rings. The van der Waals surface area contributed by atoms with Crippen molar-refractivity contribution in [2.75, 3.05) is 6.61 Å². The molecule has 0 fully saturated rings. The Balaban J connectivity index is 1.88. The van der Waals surface area contributed by atoms with E-state index in [9.17, 15) is 4.79 Å². The smallest absolute Gasteiger partial charge is 0.252 e. The van der Waals surface area contributed by atoms with Crippen molar-refractivity contribution >= 4 is 10.9 Å². The van der Waals surface area contributed by atoms with E-state index in [-0.39, 0.29) is 5.56 Å². The summed E-state index contributed by atoms with van der Waals surface area (Å²) in [4.78, 5) is 14.4. The molecule has 1 heterocycles. The topological polar surface area (TPSA) is 42.1 Å². The lowest BCUT2D eigenvalue weighted by Gasteiger charge is -2.08. The molecule has 20 heavy (non-hydrogen) atoms. The Kier molecular flexibility index (Phi) is 5.66. The van der Waals surface area contributed by atoms with Crippen LogP contribution in [0.25, 0.3) is 10.9 Å². The maximum absolute atomic E-state index is 11.6. The Bertz CT molecular complexity index is 589. The minimum atomic E-state index is -0.110. The van der Waals surface area contributed by atoms with Crippen LogP contribution in [0.5, 0.6) is 5.75 Å². The number of aromatic amines is 1. The summed E-state index contributed by atoms with van der Waals surface area (Å²) >= 11 is 0. The van der Waals surface area contributed by atoms with Crippen LogP contribution in [-0.4, -0.2) is 11.6 Å². The van der Waals surface area contributed by atoms with Crippen molar-refractivity contribution < 1.29 is 4.74 Å². The highest BCUT2D eigenvalue weighted by molar-refractivity contribution is 5.84. The van der Waals surface area contributed by atoms with Crippen molar-refractivity contribution in [1.29, 1.82) is 0 Å². The zero-order valence-electron chi connectivity index (χ0n) is 12.2. The van der Waals surface area contributed by atoms with Crippen LogP contribution in [0, 0.1) is 0 Å². The third-order valence-electron chi connectivity index (χ3n) is 3.47. The number of fused-ring (bicyclic) bond motifs is 1. The van der Waals surface area contributed by atoms with Crippen LogP contribution in [0.4, 0.5) is 0 Å². The summed E-state index contributed by atoms with van der Waals surface area (Å²) in [5.41, 5.74) is 0.722. The summed E-state index contributed by atoms with van der Waals surface area (Å²) in [6.07, 6.45) is 7.42. The minimum Gasteiger partial charge on any atom is -0.493 e. The first-order chi connectivity index (χ1) is 9.81. The van der Waals surface area contributed by atoms with Gasteiger partial charge in [-0.05, 0) is 18.6 Å². The lowest BCUT2D eigenvalue weighted by Crippen LogP contribution is -2.07. The van der Waals surface area contributed by atoms with E-state index in [0.717, 1.165) is 17.3 Å². The number of benzene rings is 1. The Labute approximate surface area is 120 Å². The van der Waals surface area contributed by atoms with Gasteiger partial charge in [0.1, 0.15) is 5.75 Å². The number of pyridine rings is 1. The molecule has 0 bridgehead atoms. The van der Waals surface area contributed by atoms with Crippen LogP contribution in [-0.2, 0) is 0 Å². The number of rotatable bonds is 8. The Morgan fingerprint density at radius 2 is 1.80 bits per heavy atom. The second-order valence-electron chi connectivity index (χ2n) is 5.16. The average Bonchev–Trinajstić information content (AvgIpc) is 2.46. The third-order valence-corrected chi connectivity index (χ3v) is 3.47. The maximum Gasteiger partial charge on any atom is 0.252 e. The highest BCUT2D eigenvalue weighted by Gasteiger charge is 2.03. The highest BCUT2D eigenvalue weighted by atomic mass is 16.5. The van der Waals surface area contributed by atoms with Gasteiger partial charge in [-0.25, -0.2) is 0 Å². The van der Waals surface area contributed by atoms with Gasteiger partial charge < -0.3 is 9.72 Å². The molecule has 0 amide bonds. The summed E-state index contributed by atoms with van der Waals surface area (Å²) in [6.45, 7) is 2.90. The third kappa shape index (κ3) is 4.12. The normalized spacial score (nSPS) is 10.8. The number of unbranched alkanes of at least 4 members (excludes halogenated alkanes) is 5. The first-order valence-electron chi connectivity index (χ1n) is 7.56. The molecule has 1 N–H and O–H groups in total. The summed E-state index contributed by atoms with van der Waals surface area (Å²) < 4.78 is 5.79. The largest absolute Gasteiger partial charge is 0.493 e. The Morgan fingerprint density at radius 3 is 2.65 bits per heavy atom. The van der Waals surface area contributed by atoms with Crippen molar-refractivity contribution in [3.63, 3.8) is 0 Å². The molecule has 3 heteroatoms. The zero-order valence-corrected chi connectivity index (χ0v) is 12.2. The van der Waals surface area contributed by atoms with Crippen molar-refractivity contribution in [3.8, 4) is 5.75 Å². The Hall–Kier alpha value is -1.77. The van der Waals surface area contributed by atoms with Crippen LogP contribution >= 0.6 is 0 Å². The molecular formula is C17H23NO2. The van der Waals surface area contributed by atoms with E-state index in [1.807, 2.05) is 24.3 Å². The fraction of sp³-hybridized carbons (Fsp3) is 0.471. The van der Waals surface area contributed by atoms with Crippen LogP contribution in [0.3, 0.4) is 0 Å². The molecule has 0 atom stereocenters. The van der Waals surface area contributed by atoms with Gasteiger partial charge in [0, 0.05) is 11.5 Å². The lowest BCUT2D eigenvalue weighted by atomic mass is 10.1. The zero-order chi connectivity index (χ0) is 14.2. The fourth-order valence-electron chi connectivity index (χ4n) is 2.36. The van der Waals surface area contributed by atoms with E-state index in [1.54, 1.807) is 6.07 Å². The summed E-state index contributed by atoms with van der Waals surface area (Å²) in [7, 11) is 0. The van der Waals surface area contributed by atoms with E-state index < -0.39 is 0 Å². The van der Waals surface area contributed by atoms with E-state index >= 15 is 0 Å². The first-order valence-corrected chi connectivity index (χ1v) is 7.56. The quantitative estimate of drug-likeness (QED) is 0.730. The SMILES string of the molecule is CCCCCCCCOc1cc(=O)[nH]c2ccccc12. The number of nitrogens with one attached hydrogen (secondary N) is 1. The monoisotopic (exact) mass is 273 g/mol. The second-order valence-corrected chi connectivity index (χ2v) is 5.16. The predicted molar refractivity (Wildman–Crippen MR) is 83.4 cm³/mol. The molecule has 0 spiro atoms. The molecule has 0 aliphatic heterocycles. The molecule has 0 radical (unpaired) electrons. The van der Waals surface area contributed by atoms with Gasteiger partial charge in [0.2, 0.25) is 0 Å². The number of aromatic nitrogens is 1. The van der Waals surface area contributed by atoms with Gasteiger partial charge in [-0.15, -0.1) is 0 Å². The van der Waals surface area contributed by atoms with E-state index in [4.69, 9.17) is 4.74 Å². The van der Waals surface area contributed by atoms with Gasteiger partial charge in [-0.1, -0.05) is 51.2 Å². The molecule has 108 valence electrons. The van der Waals surface area contributed by atoms with Gasteiger partial charge >= 0.3 is 0 Å². The standard InChI is InChI=1S/C17H23NO2/c1-2-3-4-5-6-9-12-20-16-13-17(19)18-15-11-8-7-10-14(15)16/h7-8,10-11,13H,2-6,9,12H2,1H3,(H,18,19). The van der Waals surface area contributed by atoms with Gasteiger partial charge in [-0.3, -0.25) is 4.79 Å². The molecule has 2 rings (SSSR count). The number of hydrogen-bond donors (Lipinski definition) is 1. The molecule has 0 aliphatic carbocycles. The Morgan fingerprint density at radius 1 is 1.05 bits per heavy atom. The second kappa shape index (κ2) is 7.73. The van der Waals surface area contributed by atoms with Crippen molar-refractivity contribution in [2.45, 2.75) is 45.4 Å². The molecule has 0 saturated heterocycles. The molecule has 0 saturated carbocycles. The first kappa shape index (κ1) is 14.6. The number of ether oxygens (including phenoxy) is 1. The molecule has 2 aromatic rings. The summed E-state index contributed by atoms with van der Waals surface area (Å²) in [5.74, 6) is 0.693. The lowest BCUT2D eigenvalue weighted by molar-refractivity contribution is 0.307. The summed E-state index contributed by atoms with van der Waals surface area (Å²) in [5, 5.41) is 0.970. The summed E-state index contributed by atoms with van der Waals surface area (Å²) in [6, 6.07) is 9.28. The van der Waals surface area contributed by atoms with Crippen molar-refractivity contribution in [2.24, 2.45) is 0 Å². The van der Waals surface area contributed by atoms with E-state index in [0.29, 0.717) is 12.4 Å². The maximum atomic E-state index is 11.6. The van der Waals surface area contributed by atoms with Crippen molar-refractivity contribution in [1.82, 2.24) is 4.98 Å². The van der Waals surface area contributed by atoms with Crippen LogP contribution in [0.2, 0.25) is 0 Å². The number of hydrogen-bond acceptors (Lipinski definition) is 2. The number of H-pyrrole nitrogens is 1. The van der Waals surface area contributed by atoms with Gasteiger partial charge in [0.25, 0.3) is 5.56 Å². The molecule has 0 unspecified atom stereocenters. The molecule has 3 nitrogen and oxygen atoms in total. The van der Waals surface area contributed by atoms with Gasteiger partial charge in [0.05, 0.1) is 12.1 Å². The highest BCUT2D eigenvalue weighted by Crippen LogP contribution is 2.21.